The highest BCUT2D eigenvalue weighted by Crippen LogP contribution is 2.47. The van der Waals surface area contributed by atoms with E-state index in [1.54, 1.807) is 0 Å². The lowest BCUT2D eigenvalue weighted by molar-refractivity contribution is -0.137. The van der Waals surface area contributed by atoms with Crippen LogP contribution >= 0.6 is 0 Å². The van der Waals surface area contributed by atoms with Crippen LogP contribution in [-0.4, -0.2) is 5.91 Å². The van der Waals surface area contributed by atoms with Gasteiger partial charge in [-0.15, -0.1) is 0 Å². The molecule has 0 radical (unpaired) electrons. The molecule has 0 saturated heterocycles. The molecule has 2 rings (SSSR count). The van der Waals surface area contributed by atoms with Crippen molar-refractivity contribution in [3.8, 4) is 0 Å². The quantitative estimate of drug-likeness (QED) is 0.830. The van der Waals surface area contributed by atoms with E-state index in [0.29, 0.717) is 6.42 Å². The minimum Gasteiger partial charge on any atom is -0.369 e. The molecular formula is C11H10F3NO. The van der Waals surface area contributed by atoms with E-state index in [0.717, 1.165) is 17.7 Å². The first-order valence-electron chi connectivity index (χ1n) is 4.86. The Kier molecular flexibility index (Phi) is 2.40. The van der Waals surface area contributed by atoms with Gasteiger partial charge in [-0.25, -0.2) is 0 Å². The van der Waals surface area contributed by atoms with Crippen molar-refractivity contribution in [2.45, 2.75) is 18.5 Å². The second-order valence-electron chi connectivity index (χ2n) is 3.97. The first kappa shape index (κ1) is 11.0. The summed E-state index contributed by atoms with van der Waals surface area (Å²) in [6, 6.07) is 4.89. The van der Waals surface area contributed by atoms with Gasteiger partial charge in [-0.05, 0) is 30.0 Å². The topological polar surface area (TPSA) is 43.1 Å². The van der Waals surface area contributed by atoms with Crippen molar-refractivity contribution in [3.63, 3.8) is 0 Å². The third kappa shape index (κ3) is 2.03. The number of rotatable bonds is 2. The maximum absolute atomic E-state index is 12.3. The molecule has 0 unspecified atom stereocenters. The predicted octanol–water partition coefficient (Wildman–Crippen LogP) is 2.29. The summed E-state index contributed by atoms with van der Waals surface area (Å²) in [5.41, 5.74) is 5.18. The summed E-state index contributed by atoms with van der Waals surface area (Å²) in [7, 11) is 0. The third-order valence-electron chi connectivity index (χ3n) is 2.82. The van der Waals surface area contributed by atoms with Gasteiger partial charge < -0.3 is 5.73 Å². The minimum absolute atomic E-state index is 0.000200. The number of alkyl halides is 3. The molecule has 1 fully saturated rings. The number of amides is 1. The van der Waals surface area contributed by atoms with Crippen molar-refractivity contribution in [1.82, 2.24) is 0 Å². The predicted molar refractivity (Wildman–Crippen MR) is 51.5 cm³/mol. The first-order valence-corrected chi connectivity index (χ1v) is 4.86. The Morgan fingerprint density at radius 3 is 2.19 bits per heavy atom. The fraction of sp³-hybridized carbons (Fsp3) is 0.364. The van der Waals surface area contributed by atoms with Crippen LogP contribution in [0.1, 0.15) is 23.5 Å². The van der Waals surface area contributed by atoms with Crippen molar-refractivity contribution >= 4 is 5.91 Å². The average molecular weight is 229 g/mol. The highest BCUT2D eigenvalue weighted by atomic mass is 19.4. The Bertz CT molecular complexity index is 410. The van der Waals surface area contributed by atoms with Crippen molar-refractivity contribution in [3.05, 3.63) is 35.4 Å². The zero-order chi connectivity index (χ0) is 11.9. The summed E-state index contributed by atoms with van der Waals surface area (Å²) in [6.45, 7) is 0. The van der Waals surface area contributed by atoms with Gasteiger partial charge in [0.1, 0.15) is 0 Å². The Hall–Kier alpha value is -1.52. The molecule has 16 heavy (non-hydrogen) atoms. The third-order valence-corrected chi connectivity index (χ3v) is 2.82. The molecule has 5 heteroatoms. The number of carbonyl (C=O) groups excluding carboxylic acids is 1. The molecule has 0 bridgehead atoms. The molecule has 86 valence electrons. The van der Waals surface area contributed by atoms with Crippen LogP contribution in [0.2, 0.25) is 0 Å². The van der Waals surface area contributed by atoms with Gasteiger partial charge in [-0.3, -0.25) is 4.79 Å². The summed E-state index contributed by atoms with van der Waals surface area (Å²) in [4.78, 5) is 10.8. The highest BCUT2D eigenvalue weighted by Gasteiger charge is 2.42. The molecule has 1 aliphatic carbocycles. The lowest BCUT2D eigenvalue weighted by atomic mass is 10.1. The van der Waals surface area contributed by atoms with Crippen molar-refractivity contribution < 1.29 is 18.0 Å². The molecule has 0 heterocycles. The number of benzene rings is 1. The molecule has 1 saturated carbocycles. The van der Waals surface area contributed by atoms with E-state index < -0.39 is 11.7 Å². The molecule has 0 aliphatic heterocycles. The zero-order valence-corrected chi connectivity index (χ0v) is 8.29. The van der Waals surface area contributed by atoms with Crippen LogP contribution in [0, 0.1) is 5.92 Å². The van der Waals surface area contributed by atoms with Crippen LogP contribution in [-0.2, 0) is 11.0 Å². The molecule has 0 spiro atoms. The summed E-state index contributed by atoms with van der Waals surface area (Å²) in [5.74, 6) is -0.596. The molecule has 2 nitrogen and oxygen atoms in total. The van der Waals surface area contributed by atoms with Gasteiger partial charge in [0, 0.05) is 5.92 Å². The Balaban J connectivity index is 2.13. The fourth-order valence-electron chi connectivity index (χ4n) is 1.80. The molecule has 0 aromatic heterocycles. The Morgan fingerprint density at radius 2 is 1.81 bits per heavy atom. The van der Waals surface area contributed by atoms with E-state index in [1.165, 1.54) is 12.1 Å². The van der Waals surface area contributed by atoms with Gasteiger partial charge in [-0.1, -0.05) is 12.1 Å². The summed E-state index contributed by atoms with van der Waals surface area (Å²) < 4.78 is 36.8. The molecule has 1 amide bonds. The monoisotopic (exact) mass is 229 g/mol. The van der Waals surface area contributed by atoms with Crippen LogP contribution in [0.3, 0.4) is 0 Å². The van der Waals surface area contributed by atoms with Gasteiger partial charge >= 0.3 is 6.18 Å². The van der Waals surface area contributed by atoms with E-state index in [2.05, 4.69) is 0 Å². The minimum atomic E-state index is -4.31. The Labute approximate surface area is 90.2 Å². The van der Waals surface area contributed by atoms with Gasteiger partial charge in [0.25, 0.3) is 0 Å². The van der Waals surface area contributed by atoms with Crippen LogP contribution in [0.5, 0.6) is 0 Å². The van der Waals surface area contributed by atoms with E-state index in [-0.39, 0.29) is 17.7 Å². The molecule has 1 aromatic carbocycles. The van der Waals surface area contributed by atoms with Crippen LogP contribution in [0.4, 0.5) is 13.2 Å². The molecule has 2 atom stereocenters. The fourth-order valence-corrected chi connectivity index (χ4v) is 1.80. The smallest absolute Gasteiger partial charge is 0.369 e. The average Bonchev–Trinajstić information content (AvgIpc) is 2.96. The van der Waals surface area contributed by atoms with Crippen LogP contribution in [0.25, 0.3) is 0 Å². The van der Waals surface area contributed by atoms with Gasteiger partial charge in [-0.2, -0.15) is 13.2 Å². The summed E-state index contributed by atoms with van der Waals surface area (Å²) in [5, 5.41) is 0. The van der Waals surface area contributed by atoms with Crippen molar-refractivity contribution in [1.29, 1.82) is 0 Å². The zero-order valence-electron chi connectivity index (χ0n) is 8.29. The molecule has 1 aliphatic rings. The van der Waals surface area contributed by atoms with Gasteiger partial charge in [0.05, 0.1) is 5.56 Å². The number of carbonyl (C=O) groups is 1. The van der Waals surface area contributed by atoms with Gasteiger partial charge in [0.15, 0.2) is 0 Å². The first-order chi connectivity index (χ1) is 7.39. The van der Waals surface area contributed by atoms with Crippen LogP contribution < -0.4 is 5.73 Å². The standard InChI is InChI=1S/C11H10F3NO/c12-11(13,14)7-3-1-6(2-4-7)8-5-9(8)10(15)16/h1-4,8-9H,5H2,(H2,15,16)/t8-,9+/m0/s1. The normalized spacial score (nSPS) is 24.2. The lowest BCUT2D eigenvalue weighted by Gasteiger charge is -2.07. The van der Waals surface area contributed by atoms with E-state index in [1.807, 2.05) is 0 Å². The highest BCUT2D eigenvalue weighted by molar-refractivity contribution is 5.81. The number of hydrogen-bond acceptors (Lipinski definition) is 1. The molecule has 2 N–H and O–H groups in total. The van der Waals surface area contributed by atoms with E-state index >= 15 is 0 Å². The molecular weight excluding hydrogens is 219 g/mol. The van der Waals surface area contributed by atoms with Crippen LogP contribution in [0.15, 0.2) is 24.3 Å². The maximum atomic E-state index is 12.3. The Morgan fingerprint density at radius 1 is 1.25 bits per heavy atom. The maximum Gasteiger partial charge on any atom is 0.416 e. The SMILES string of the molecule is NC(=O)[C@@H]1C[C@H]1c1ccc(C(F)(F)F)cc1. The molecule has 1 aromatic rings. The number of halogens is 3. The van der Waals surface area contributed by atoms with Crippen molar-refractivity contribution in [2.75, 3.05) is 0 Å². The number of nitrogens with two attached hydrogens (primary N) is 1. The largest absolute Gasteiger partial charge is 0.416 e. The second-order valence-corrected chi connectivity index (χ2v) is 3.97. The van der Waals surface area contributed by atoms with E-state index in [9.17, 15) is 18.0 Å². The summed E-state index contributed by atoms with van der Waals surface area (Å²) >= 11 is 0. The van der Waals surface area contributed by atoms with E-state index in [4.69, 9.17) is 5.73 Å². The summed E-state index contributed by atoms with van der Waals surface area (Å²) in [6.07, 6.45) is -3.67. The van der Waals surface area contributed by atoms with Gasteiger partial charge in [0.2, 0.25) is 5.91 Å². The van der Waals surface area contributed by atoms with Crippen molar-refractivity contribution in [2.24, 2.45) is 11.7 Å². The number of primary amides is 1. The number of hydrogen-bond donors (Lipinski definition) is 1. The lowest BCUT2D eigenvalue weighted by Crippen LogP contribution is -2.13. The second kappa shape index (κ2) is 3.50.